The normalized spacial score (nSPS) is 16.1. The van der Waals surface area contributed by atoms with Gasteiger partial charge < -0.3 is 10.1 Å². The molecule has 2 aromatic carbocycles. The number of benzene rings is 2. The molecule has 144 valence electrons. The molecule has 0 aromatic heterocycles. The van der Waals surface area contributed by atoms with E-state index in [4.69, 9.17) is 4.74 Å². The third-order valence-corrected chi connectivity index (χ3v) is 6.39. The molecule has 2 aromatic rings. The molecule has 0 spiro atoms. The van der Waals surface area contributed by atoms with Gasteiger partial charge in [0.2, 0.25) is 10.0 Å². The monoisotopic (exact) mass is 392 g/mol. The molecule has 1 amide bonds. The van der Waals surface area contributed by atoms with E-state index in [1.807, 2.05) is 0 Å². The molecule has 1 heterocycles. The van der Waals surface area contributed by atoms with E-state index in [-0.39, 0.29) is 41.3 Å². The Labute approximate surface area is 158 Å². The van der Waals surface area contributed by atoms with Crippen molar-refractivity contribution in [2.75, 3.05) is 20.1 Å². The molecule has 1 fully saturated rings. The Hall–Kier alpha value is -2.45. The van der Waals surface area contributed by atoms with E-state index >= 15 is 0 Å². The Morgan fingerprint density at radius 3 is 2.52 bits per heavy atom. The van der Waals surface area contributed by atoms with Gasteiger partial charge in [-0.1, -0.05) is 18.2 Å². The zero-order chi connectivity index (χ0) is 19.4. The number of nitrogens with one attached hydrogen (secondary N) is 1. The number of sulfonamides is 1. The molecule has 27 heavy (non-hydrogen) atoms. The standard InChI is InChI=1S/C19H21FN2O4S/c1-21-19(23)14-5-4-6-16(13-14)27(24,25)22-11-9-15(10-12-22)26-18-8-3-2-7-17(18)20/h2-8,13,15H,9-12H2,1H3,(H,21,23). The summed E-state index contributed by atoms with van der Waals surface area (Å²) in [5, 5.41) is 2.48. The highest BCUT2D eigenvalue weighted by molar-refractivity contribution is 7.89. The van der Waals surface area contributed by atoms with Crippen molar-refractivity contribution in [1.29, 1.82) is 0 Å². The number of carbonyl (C=O) groups excluding carboxylic acids is 1. The van der Waals surface area contributed by atoms with Gasteiger partial charge in [0.1, 0.15) is 6.10 Å². The molecule has 6 nitrogen and oxygen atoms in total. The highest BCUT2D eigenvalue weighted by Crippen LogP contribution is 2.25. The second-order valence-electron chi connectivity index (χ2n) is 6.26. The number of carbonyl (C=O) groups is 1. The molecular formula is C19H21FN2O4S. The molecule has 1 aliphatic rings. The fourth-order valence-electron chi connectivity index (χ4n) is 3.00. The first-order chi connectivity index (χ1) is 12.9. The lowest BCUT2D eigenvalue weighted by Gasteiger charge is -2.31. The summed E-state index contributed by atoms with van der Waals surface area (Å²) in [7, 11) is -2.22. The second kappa shape index (κ2) is 8.06. The van der Waals surface area contributed by atoms with Crippen LogP contribution in [0.3, 0.4) is 0 Å². The van der Waals surface area contributed by atoms with Gasteiger partial charge in [0.15, 0.2) is 11.6 Å². The summed E-state index contributed by atoms with van der Waals surface area (Å²) in [6.07, 6.45) is 0.677. The summed E-state index contributed by atoms with van der Waals surface area (Å²) in [5.74, 6) is -0.598. The molecule has 8 heteroatoms. The fraction of sp³-hybridized carbons (Fsp3) is 0.316. The first-order valence-corrected chi connectivity index (χ1v) is 10.1. The van der Waals surface area contributed by atoms with Gasteiger partial charge in [0, 0.05) is 25.7 Å². The number of piperidine rings is 1. The molecule has 0 aliphatic carbocycles. The van der Waals surface area contributed by atoms with Crippen LogP contribution in [0.4, 0.5) is 4.39 Å². The predicted octanol–water partition coefficient (Wildman–Crippen LogP) is 2.42. The van der Waals surface area contributed by atoms with Gasteiger partial charge in [-0.05, 0) is 43.2 Å². The Kier molecular flexibility index (Phi) is 5.76. The van der Waals surface area contributed by atoms with Crippen LogP contribution < -0.4 is 10.1 Å². The maximum absolute atomic E-state index is 13.7. The number of ether oxygens (including phenoxy) is 1. The molecule has 1 N–H and O–H groups in total. The van der Waals surface area contributed by atoms with Gasteiger partial charge in [-0.15, -0.1) is 0 Å². The highest BCUT2D eigenvalue weighted by Gasteiger charge is 2.30. The van der Waals surface area contributed by atoms with Crippen molar-refractivity contribution in [2.45, 2.75) is 23.8 Å². The first kappa shape index (κ1) is 19.3. The quantitative estimate of drug-likeness (QED) is 0.848. The van der Waals surface area contributed by atoms with Gasteiger partial charge in [0.05, 0.1) is 4.90 Å². The van der Waals surface area contributed by atoms with Crippen molar-refractivity contribution >= 4 is 15.9 Å². The number of rotatable bonds is 5. The summed E-state index contributed by atoms with van der Waals surface area (Å²) < 4.78 is 46.5. The number of hydrogen-bond acceptors (Lipinski definition) is 4. The van der Waals surface area contributed by atoms with Gasteiger partial charge >= 0.3 is 0 Å². The lowest BCUT2D eigenvalue weighted by Crippen LogP contribution is -2.41. The van der Waals surface area contributed by atoms with Crippen molar-refractivity contribution in [3.8, 4) is 5.75 Å². The van der Waals surface area contributed by atoms with E-state index in [0.717, 1.165) is 0 Å². The Morgan fingerprint density at radius 2 is 1.85 bits per heavy atom. The van der Waals surface area contributed by atoms with Crippen LogP contribution in [0.2, 0.25) is 0 Å². The van der Waals surface area contributed by atoms with Gasteiger partial charge in [-0.2, -0.15) is 4.31 Å². The molecular weight excluding hydrogens is 371 g/mol. The summed E-state index contributed by atoms with van der Waals surface area (Å²) in [4.78, 5) is 11.8. The SMILES string of the molecule is CNC(=O)c1cccc(S(=O)(=O)N2CCC(Oc3ccccc3F)CC2)c1. The van der Waals surface area contributed by atoms with Crippen LogP contribution >= 0.6 is 0 Å². The Bertz CT molecular complexity index is 925. The Balaban J connectivity index is 1.68. The molecule has 1 saturated heterocycles. The summed E-state index contributed by atoms with van der Waals surface area (Å²) in [6, 6.07) is 12.1. The maximum Gasteiger partial charge on any atom is 0.251 e. The minimum Gasteiger partial charge on any atom is -0.487 e. The van der Waals surface area contributed by atoms with Crippen molar-refractivity contribution in [1.82, 2.24) is 9.62 Å². The average Bonchev–Trinajstić information content (AvgIpc) is 2.69. The largest absolute Gasteiger partial charge is 0.487 e. The van der Waals surface area contributed by atoms with Crippen LogP contribution in [0.5, 0.6) is 5.75 Å². The fourth-order valence-corrected chi connectivity index (χ4v) is 4.52. The first-order valence-electron chi connectivity index (χ1n) is 8.65. The van der Waals surface area contributed by atoms with Crippen molar-refractivity contribution in [3.63, 3.8) is 0 Å². The van der Waals surface area contributed by atoms with Crippen molar-refractivity contribution in [3.05, 3.63) is 59.9 Å². The van der Waals surface area contributed by atoms with Gasteiger partial charge in [0.25, 0.3) is 5.91 Å². The lowest BCUT2D eigenvalue weighted by molar-refractivity contribution is 0.0963. The van der Waals surface area contributed by atoms with Gasteiger partial charge in [-0.3, -0.25) is 4.79 Å². The highest BCUT2D eigenvalue weighted by atomic mass is 32.2. The zero-order valence-electron chi connectivity index (χ0n) is 14.9. The summed E-state index contributed by atoms with van der Waals surface area (Å²) in [5.41, 5.74) is 0.288. The smallest absolute Gasteiger partial charge is 0.251 e. The van der Waals surface area contributed by atoms with Crippen LogP contribution in [0.1, 0.15) is 23.2 Å². The zero-order valence-corrected chi connectivity index (χ0v) is 15.7. The molecule has 0 saturated carbocycles. The number of amides is 1. The molecule has 0 unspecified atom stereocenters. The van der Waals surface area contributed by atoms with E-state index in [2.05, 4.69) is 5.32 Å². The third-order valence-electron chi connectivity index (χ3n) is 4.49. The van der Waals surface area contributed by atoms with E-state index in [0.29, 0.717) is 12.8 Å². The topological polar surface area (TPSA) is 75.7 Å². The summed E-state index contributed by atoms with van der Waals surface area (Å²) >= 11 is 0. The lowest BCUT2D eigenvalue weighted by atomic mass is 10.1. The van der Waals surface area contributed by atoms with E-state index in [1.165, 1.54) is 29.6 Å². The molecule has 0 bridgehead atoms. The van der Waals surface area contributed by atoms with E-state index < -0.39 is 15.8 Å². The van der Waals surface area contributed by atoms with E-state index in [9.17, 15) is 17.6 Å². The van der Waals surface area contributed by atoms with Crippen LogP contribution in [0.15, 0.2) is 53.4 Å². The van der Waals surface area contributed by atoms with Crippen LogP contribution in [-0.4, -0.2) is 44.9 Å². The number of para-hydroxylation sites is 1. The Morgan fingerprint density at radius 1 is 1.15 bits per heavy atom. The number of hydrogen-bond donors (Lipinski definition) is 1. The van der Waals surface area contributed by atoms with Crippen molar-refractivity contribution < 1.29 is 22.3 Å². The molecule has 0 atom stereocenters. The van der Waals surface area contributed by atoms with E-state index in [1.54, 1.807) is 30.3 Å². The van der Waals surface area contributed by atoms with Gasteiger partial charge in [-0.25, -0.2) is 12.8 Å². The second-order valence-corrected chi connectivity index (χ2v) is 8.20. The van der Waals surface area contributed by atoms with Crippen LogP contribution in [0, 0.1) is 5.82 Å². The number of halogens is 1. The maximum atomic E-state index is 13.7. The molecule has 0 radical (unpaired) electrons. The third kappa shape index (κ3) is 4.28. The number of nitrogens with zero attached hydrogens (tertiary/aromatic N) is 1. The van der Waals surface area contributed by atoms with Crippen LogP contribution in [-0.2, 0) is 10.0 Å². The molecule has 3 rings (SSSR count). The minimum absolute atomic E-state index is 0.0806. The van der Waals surface area contributed by atoms with Crippen LogP contribution in [0.25, 0.3) is 0 Å². The summed E-state index contributed by atoms with van der Waals surface area (Å²) in [6.45, 7) is 0.539. The average molecular weight is 392 g/mol. The molecule has 1 aliphatic heterocycles. The minimum atomic E-state index is -3.71. The van der Waals surface area contributed by atoms with Crippen molar-refractivity contribution in [2.24, 2.45) is 0 Å². The predicted molar refractivity (Wildman–Crippen MR) is 98.6 cm³/mol.